The van der Waals surface area contributed by atoms with Gasteiger partial charge < -0.3 is 19.1 Å². The SMILES string of the molecule is CCCN(C)CCCC(CCCN(C)CCC)(CCCN(C)CCC)C[SiH2]OC(C)(C)C. The second-order valence-corrected chi connectivity index (χ2v) is 12.6. The van der Waals surface area contributed by atoms with Crippen LogP contribution in [0.1, 0.15) is 99.3 Å². The molecular formula is C27H61N3OSi. The molecule has 0 saturated carbocycles. The molecule has 0 rings (SSSR count). The maximum Gasteiger partial charge on any atom is 0.162 e. The molecule has 0 amide bonds. The van der Waals surface area contributed by atoms with Crippen LogP contribution in [0.2, 0.25) is 6.04 Å². The van der Waals surface area contributed by atoms with Crippen molar-refractivity contribution < 1.29 is 4.43 Å². The molecule has 0 aliphatic rings. The van der Waals surface area contributed by atoms with Gasteiger partial charge in [-0.3, -0.25) is 0 Å². The fourth-order valence-corrected chi connectivity index (χ4v) is 6.87. The lowest BCUT2D eigenvalue weighted by Crippen LogP contribution is -2.32. The molecule has 0 N–H and O–H groups in total. The monoisotopic (exact) mass is 471 g/mol. The van der Waals surface area contributed by atoms with Crippen LogP contribution < -0.4 is 0 Å². The minimum Gasteiger partial charge on any atom is -0.419 e. The largest absolute Gasteiger partial charge is 0.419 e. The fourth-order valence-electron chi connectivity index (χ4n) is 4.98. The van der Waals surface area contributed by atoms with E-state index in [9.17, 15) is 0 Å². The second kappa shape index (κ2) is 18.4. The minimum absolute atomic E-state index is 0.0159. The van der Waals surface area contributed by atoms with Crippen LogP contribution in [0.3, 0.4) is 0 Å². The van der Waals surface area contributed by atoms with Crippen LogP contribution in [0, 0.1) is 5.41 Å². The molecule has 0 aromatic rings. The third kappa shape index (κ3) is 17.5. The Balaban J connectivity index is 5.18. The molecular weight excluding hydrogens is 410 g/mol. The molecule has 0 aromatic carbocycles. The maximum atomic E-state index is 6.39. The molecule has 0 atom stereocenters. The van der Waals surface area contributed by atoms with Gasteiger partial charge in [0.25, 0.3) is 0 Å². The summed E-state index contributed by atoms with van der Waals surface area (Å²) >= 11 is 0. The van der Waals surface area contributed by atoms with Gasteiger partial charge in [-0.1, -0.05) is 20.8 Å². The number of rotatable bonds is 21. The average molecular weight is 472 g/mol. The van der Waals surface area contributed by atoms with Gasteiger partial charge in [0.2, 0.25) is 0 Å². The van der Waals surface area contributed by atoms with E-state index in [-0.39, 0.29) is 5.60 Å². The lowest BCUT2D eigenvalue weighted by molar-refractivity contribution is 0.126. The summed E-state index contributed by atoms with van der Waals surface area (Å²) < 4.78 is 6.39. The zero-order valence-corrected chi connectivity index (χ0v) is 25.2. The molecule has 0 bridgehead atoms. The first-order chi connectivity index (χ1) is 15.1. The highest BCUT2D eigenvalue weighted by atomic mass is 28.2. The molecule has 4 nitrogen and oxygen atoms in total. The molecule has 0 heterocycles. The van der Waals surface area contributed by atoms with Gasteiger partial charge in [0.05, 0.1) is 0 Å². The van der Waals surface area contributed by atoms with E-state index in [0.29, 0.717) is 5.41 Å². The molecule has 0 saturated heterocycles. The summed E-state index contributed by atoms with van der Waals surface area (Å²) in [6.45, 7) is 20.9. The first-order valence-electron chi connectivity index (χ1n) is 13.8. The zero-order valence-electron chi connectivity index (χ0n) is 23.8. The third-order valence-corrected chi connectivity index (χ3v) is 9.06. The molecule has 0 aliphatic heterocycles. The summed E-state index contributed by atoms with van der Waals surface area (Å²) in [6.07, 6.45) is 11.9. The quantitative estimate of drug-likeness (QED) is 0.201. The van der Waals surface area contributed by atoms with Gasteiger partial charge in [-0.25, -0.2) is 0 Å². The van der Waals surface area contributed by atoms with Gasteiger partial charge in [0.15, 0.2) is 9.76 Å². The van der Waals surface area contributed by atoms with E-state index in [1.165, 1.54) is 103 Å². The van der Waals surface area contributed by atoms with Crippen molar-refractivity contribution in [2.24, 2.45) is 5.41 Å². The summed E-state index contributed by atoms with van der Waals surface area (Å²) in [5.74, 6) is 0. The summed E-state index contributed by atoms with van der Waals surface area (Å²) in [4.78, 5) is 7.58. The van der Waals surface area contributed by atoms with Gasteiger partial charge in [-0.15, -0.1) is 0 Å². The van der Waals surface area contributed by atoms with Crippen LogP contribution in [0.25, 0.3) is 0 Å². The third-order valence-electron chi connectivity index (χ3n) is 6.72. The predicted molar refractivity (Wildman–Crippen MR) is 148 cm³/mol. The lowest BCUT2D eigenvalue weighted by Gasteiger charge is -2.37. The van der Waals surface area contributed by atoms with E-state index < -0.39 is 9.76 Å². The number of nitrogens with zero attached hydrogens (tertiary/aromatic N) is 3. The van der Waals surface area contributed by atoms with Crippen molar-refractivity contribution in [2.75, 3.05) is 60.4 Å². The Hall–Kier alpha value is 0.0569. The van der Waals surface area contributed by atoms with Crippen LogP contribution in [-0.4, -0.2) is 90.5 Å². The first kappa shape index (κ1) is 32.1. The number of hydrogen-bond donors (Lipinski definition) is 0. The standard InChI is InChI=1S/C27H61N3OSi/c1-10-19-28(7)22-13-16-27(25-32-31-26(4,5)6,17-14-23-29(8)20-11-2)18-15-24-30(9)21-12-3/h10-25,32H2,1-9H3. The lowest BCUT2D eigenvalue weighted by atomic mass is 9.76. The topological polar surface area (TPSA) is 19.0 Å². The van der Waals surface area contributed by atoms with E-state index in [0.717, 1.165) is 0 Å². The van der Waals surface area contributed by atoms with E-state index in [4.69, 9.17) is 4.43 Å². The molecule has 0 fully saturated rings. The highest BCUT2D eigenvalue weighted by Crippen LogP contribution is 2.39. The molecule has 5 heteroatoms. The second-order valence-electron chi connectivity index (χ2n) is 11.4. The van der Waals surface area contributed by atoms with Gasteiger partial charge in [0, 0.05) is 5.60 Å². The Kier molecular flexibility index (Phi) is 18.4. The normalized spacial score (nSPS) is 13.5. The van der Waals surface area contributed by atoms with Gasteiger partial charge >= 0.3 is 0 Å². The van der Waals surface area contributed by atoms with Crippen LogP contribution in [0.5, 0.6) is 0 Å². The summed E-state index contributed by atoms with van der Waals surface area (Å²) in [6, 6.07) is 1.34. The highest BCUT2D eigenvalue weighted by Gasteiger charge is 2.30. The van der Waals surface area contributed by atoms with Crippen molar-refractivity contribution in [3.05, 3.63) is 0 Å². The van der Waals surface area contributed by atoms with Crippen molar-refractivity contribution in [3.63, 3.8) is 0 Å². The Bertz CT molecular complexity index is 382. The maximum absolute atomic E-state index is 6.39. The summed E-state index contributed by atoms with van der Waals surface area (Å²) in [5, 5.41) is 0. The number of hydrogen-bond acceptors (Lipinski definition) is 4. The molecule has 0 radical (unpaired) electrons. The van der Waals surface area contributed by atoms with Crippen molar-refractivity contribution in [3.8, 4) is 0 Å². The molecule has 0 spiro atoms. The Morgan fingerprint density at radius 3 is 1.22 bits per heavy atom. The minimum atomic E-state index is -0.509. The van der Waals surface area contributed by atoms with Gasteiger partial charge in [-0.05, 0) is 150 Å². The van der Waals surface area contributed by atoms with Crippen LogP contribution in [0.15, 0.2) is 0 Å². The van der Waals surface area contributed by atoms with E-state index in [2.05, 4.69) is 77.4 Å². The molecule has 0 aromatic heterocycles. The van der Waals surface area contributed by atoms with E-state index in [1.807, 2.05) is 0 Å². The molecule has 32 heavy (non-hydrogen) atoms. The van der Waals surface area contributed by atoms with Crippen LogP contribution in [-0.2, 0) is 4.43 Å². The van der Waals surface area contributed by atoms with E-state index in [1.54, 1.807) is 0 Å². The Morgan fingerprint density at radius 1 is 0.594 bits per heavy atom. The molecule has 0 unspecified atom stereocenters. The van der Waals surface area contributed by atoms with Crippen LogP contribution >= 0.6 is 0 Å². The van der Waals surface area contributed by atoms with Crippen molar-refractivity contribution in [2.45, 2.75) is 111 Å². The molecule has 194 valence electrons. The highest BCUT2D eigenvalue weighted by molar-refractivity contribution is 6.27. The van der Waals surface area contributed by atoms with Crippen LogP contribution in [0.4, 0.5) is 0 Å². The summed E-state index contributed by atoms with van der Waals surface area (Å²) in [5.41, 5.74) is 0.493. The van der Waals surface area contributed by atoms with Crippen molar-refractivity contribution >= 4 is 9.76 Å². The van der Waals surface area contributed by atoms with Gasteiger partial charge in [0.1, 0.15) is 0 Å². The Morgan fingerprint density at radius 2 is 0.938 bits per heavy atom. The van der Waals surface area contributed by atoms with E-state index >= 15 is 0 Å². The van der Waals surface area contributed by atoms with Gasteiger partial charge in [-0.2, -0.15) is 0 Å². The predicted octanol–water partition coefficient (Wildman–Crippen LogP) is 5.66. The fraction of sp³-hybridized carbons (Fsp3) is 1.00. The zero-order chi connectivity index (χ0) is 24.5. The van der Waals surface area contributed by atoms with Crippen molar-refractivity contribution in [1.82, 2.24) is 14.7 Å². The van der Waals surface area contributed by atoms with Crippen molar-refractivity contribution in [1.29, 1.82) is 0 Å². The smallest absolute Gasteiger partial charge is 0.162 e. The first-order valence-corrected chi connectivity index (χ1v) is 15.3. The molecule has 0 aliphatic carbocycles. The average Bonchev–Trinajstić information content (AvgIpc) is 2.67. The summed E-state index contributed by atoms with van der Waals surface area (Å²) in [7, 11) is 6.37. The Labute approximate surface area is 205 Å².